The van der Waals surface area contributed by atoms with Crippen molar-refractivity contribution < 1.29 is 23.0 Å². The first kappa shape index (κ1) is 22.5. The van der Waals surface area contributed by atoms with Crippen LogP contribution in [0.2, 0.25) is 0 Å². The molecule has 0 aliphatic heterocycles. The van der Waals surface area contributed by atoms with Crippen LogP contribution in [0, 0.1) is 6.92 Å². The van der Waals surface area contributed by atoms with Gasteiger partial charge in [-0.05, 0) is 42.7 Å². The lowest BCUT2D eigenvalue weighted by atomic mass is 9.96. The van der Waals surface area contributed by atoms with Gasteiger partial charge in [0, 0.05) is 23.7 Å². The van der Waals surface area contributed by atoms with Gasteiger partial charge in [0.05, 0.1) is 6.04 Å². The molecule has 0 amide bonds. The number of hydrogen-bond donors (Lipinski definition) is 2. The van der Waals surface area contributed by atoms with E-state index in [1.807, 2.05) is 55.5 Å². The van der Waals surface area contributed by atoms with Gasteiger partial charge in [-0.3, -0.25) is 0 Å². The predicted octanol–water partition coefficient (Wildman–Crippen LogP) is 6.62. The van der Waals surface area contributed by atoms with Crippen molar-refractivity contribution in [3.63, 3.8) is 0 Å². The first-order valence-corrected chi connectivity index (χ1v) is 10.5. The van der Waals surface area contributed by atoms with E-state index in [-0.39, 0.29) is 18.1 Å². The molecule has 4 rings (SSSR count). The fraction of sp³-hybridized carbons (Fsp3) is 0.192. The van der Waals surface area contributed by atoms with Crippen LogP contribution < -0.4 is 10.1 Å². The predicted molar refractivity (Wildman–Crippen MR) is 124 cm³/mol. The first-order valence-electron chi connectivity index (χ1n) is 10.5. The van der Waals surface area contributed by atoms with Gasteiger partial charge in [0.25, 0.3) is 0 Å². The van der Waals surface area contributed by atoms with Crippen molar-refractivity contribution in [3.8, 4) is 28.3 Å². The molecule has 1 aromatic heterocycles. The van der Waals surface area contributed by atoms with Crippen LogP contribution in [-0.4, -0.2) is 22.7 Å². The number of halogens is 2. The number of alkyl halides is 2. The van der Waals surface area contributed by atoms with Crippen molar-refractivity contribution >= 4 is 11.1 Å². The molecule has 1 atom stereocenters. The van der Waals surface area contributed by atoms with Crippen LogP contribution >= 0.6 is 0 Å². The normalized spacial score (nSPS) is 12.3. The minimum atomic E-state index is -2.99. The Morgan fingerprint density at radius 2 is 1.85 bits per heavy atom. The van der Waals surface area contributed by atoms with Crippen LogP contribution in [-0.2, 0) is 6.54 Å². The number of aliphatic hydroxyl groups excluding tert-OH is 1. The van der Waals surface area contributed by atoms with E-state index in [9.17, 15) is 13.9 Å². The van der Waals surface area contributed by atoms with Gasteiger partial charge in [0.15, 0.2) is 5.58 Å². The fourth-order valence-electron chi connectivity index (χ4n) is 3.64. The average molecular weight is 450 g/mol. The van der Waals surface area contributed by atoms with Crippen LogP contribution in [0.15, 0.2) is 77.4 Å². The second kappa shape index (κ2) is 9.42. The molecule has 4 aromatic rings. The van der Waals surface area contributed by atoms with Crippen LogP contribution in [0.1, 0.15) is 18.1 Å². The molecule has 0 aliphatic carbocycles. The van der Waals surface area contributed by atoms with Crippen molar-refractivity contribution in [2.24, 2.45) is 0 Å². The molecule has 170 valence electrons. The summed E-state index contributed by atoms with van der Waals surface area (Å²) in [5, 5.41) is 12.5. The van der Waals surface area contributed by atoms with E-state index in [0.29, 0.717) is 22.6 Å². The SMILES string of the molecule is C=C(O)C(C)NCc1cc2nc(-c3cccc(-c4ccccc4)c3C)oc2cc1OC(F)F. The van der Waals surface area contributed by atoms with Gasteiger partial charge >= 0.3 is 6.61 Å². The summed E-state index contributed by atoms with van der Waals surface area (Å²) in [7, 11) is 0. The molecule has 33 heavy (non-hydrogen) atoms. The van der Waals surface area contributed by atoms with Gasteiger partial charge < -0.3 is 19.6 Å². The average Bonchev–Trinajstić information content (AvgIpc) is 3.20. The zero-order chi connectivity index (χ0) is 23.5. The summed E-state index contributed by atoms with van der Waals surface area (Å²) in [5.74, 6) is 0.327. The van der Waals surface area contributed by atoms with Gasteiger partial charge in [0.1, 0.15) is 17.0 Å². The monoisotopic (exact) mass is 450 g/mol. The van der Waals surface area contributed by atoms with Crippen LogP contribution in [0.5, 0.6) is 5.75 Å². The summed E-state index contributed by atoms with van der Waals surface area (Å²) in [6.07, 6.45) is 0. The number of hydrogen-bond acceptors (Lipinski definition) is 5. The lowest BCUT2D eigenvalue weighted by molar-refractivity contribution is -0.0504. The molecule has 0 spiro atoms. The zero-order valence-electron chi connectivity index (χ0n) is 18.3. The molecule has 5 nitrogen and oxygen atoms in total. The van der Waals surface area contributed by atoms with Gasteiger partial charge in [-0.1, -0.05) is 49.0 Å². The minimum Gasteiger partial charge on any atom is -0.511 e. The molecule has 7 heteroatoms. The molecule has 0 fully saturated rings. The lowest BCUT2D eigenvalue weighted by Crippen LogP contribution is -2.27. The third-order valence-corrected chi connectivity index (χ3v) is 5.53. The summed E-state index contributed by atoms with van der Waals surface area (Å²) in [4.78, 5) is 4.62. The number of oxazole rings is 1. The number of nitrogens with one attached hydrogen (secondary N) is 1. The Hall–Kier alpha value is -3.71. The smallest absolute Gasteiger partial charge is 0.387 e. The van der Waals surface area contributed by atoms with Gasteiger partial charge in [-0.25, -0.2) is 4.98 Å². The lowest BCUT2D eigenvalue weighted by Gasteiger charge is -2.15. The van der Waals surface area contributed by atoms with Crippen molar-refractivity contribution in [3.05, 3.63) is 84.1 Å². The topological polar surface area (TPSA) is 67.5 Å². The first-order chi connectivity index (χ1) is 15.8. The Kier molecular flexibility index (Phi) is 6.42. The third-order valence-electron chi connectivity index (χ3n) is 5.53. The van der Waals surface area contributed by atoms with Crippen LogP contribution in [0.3, 0.4) is 0 Å². The van der Waals surface area contributed by atoms with Crippen molar-refractivity contribution in [1.82, 2.24) is 10.3 Å². The maximum Gasteiger partial charge on any atom is 0.387 e. The van der Waals surface area contributed by atoms with Crippen molar-refractivity contribution in [1.29, 1.82) is 0 Å². The van der Waals surface area contributed by atoms with E-state index in [1.54, 1.807) is 13.0 Å². The Labute approximate surface area is 190 Å². The molecule has 3 aromatic carbocycles. The zero-order valence-corrected chi connectivity index (χ0v) is 18.3. The second-order valence-corrected chi connectivity index (χ2v) is 7.76. The number of nitrogens with zero attached hydrogens (tertiary/aromatic N) is 1. The Morgan fingerprint density at radius 1 is 1.12 bits per heavy atom. The number of fused-ring (bicyclic) bond motifs is 1. The van der Waals surface area contributed by atoms with E-state index in [0.717, 1.165) is 22.3 Å². The molecule has 0 saturated heterocycles. The molecular weight excluding hydrogens is 426 g/mol. The second-order valence-electron chi connectivity index (χ2n) is 7.76. The summed E-state index contributed by atoms with van der Waals surface area (Å²) >= 11 is 0. The fourth-order valence-corrected chi connectivity index (χ4v) is 3.64. The summed E-state index contributed by atoms with van der Waals surface area (Å²) < 4.78 is 36.7. The third kappa shape index (κ3) is 4.88. The van der Waals surface area contributed by atoms with Gasteiger partial charge in [-0.2, -0.15) is 8.78 Å². The van der Waals surface area contributed by atoms with E-state index in [1.165, 1.54) is 6.07 Å². The van der Waals surface area contributed by atoms with Gasteiger partial charge in [-0.15, -0.1) is 0 Å². The molecule has 2 N–H and O–H groups in total. The largest absolute Gasteiger partial charge is 0.511 e. The minimum absolute atomic E-state index is 0.0155. The molecule has 0 bridgehead atoms. The highest BCUT2D eigenvalue weighted by molar-refractivity contribution is 5.81. The standard InChI is InChI=1S/C26H24F2N2O3/c1-15-20(18-8-5-4-6-9-18)10-7-11-21(15)25-30-22-12-19(14-29-16(2)17(3)31)23(33-26(27)28)13-24(22)32-25/h4-13,16,26,29,31H,3,14H2,1-2H3. The molecule has 1 heterocycles. The van der Waals surface area contributed by atoms with E-state index in [4.69, 9.17) is 9.15 Å². The molecule has 0 aliphatic rings. The number of aromatic nitrogens is 1. The van der Waals surface area contributed by atoms with E-state index in [2.05, 4.69) is 16.9 Å². The molecule has 0 saturated carbocycles. The molecular formula is C26H24F2N2O3. The summed E-state index contributed by atoms with van der Waals surface area (Å²) in [6.45, 7) is 4.37. The van der Waals surface area contributed by atoms with Crippen molar-refractivity contribution in [2.45, 2.75) is 33.0 Å². The molecule has 0 radical (unpaired) electrons. The number of aliphatic hydroxyl groups is 1. The van der Waals surface area contributed by atoms with Crippen LogP contribution in [0.4, 0.5) is 8.78 Å². The van der Waals surface area contributed by atoms with E-state index >= 15 is 0 Å². The highest BCUT2D eigenvalue weighted by Gasteiger charge is 2.18. The Morgan fingerprint density at radius 3 is 2.55 bits per heavy atom. The summed E-state index contributed by atoms with van der Waals surface area (Å²) in [6, 6.07) is 18.5. The number of ether oxygens (including phenoxy) is 1. The maximum atomic E-state index is 13.0. The molecule has 1 unspecified atom stereocenters. The van der Waals surface area contributed by atoms with E-state index < -0.39 is 12.7 Å². The quantitative estimate of drug-likeness (QED) is 0.295. The Bertz CT molecular complexity index is 1290. The summed E-state index contributed by atoms with van der Waals surface area (Å²) in [5.41, 5.74) is 5.27. The maximum absolute atomic E-state index is 13.0. The Balaban J connectivity index is 1.74. The highest BCUT2D eigenvalue weighted by Crippen LogP contribution is 2.35. The highest BCUT2D eigenvalue weighted by atomic mass is 19.3. The van der Waals surface area contributed by atoms with Crippen LogP contribution in [0.25, 0.3) is 33.7 Å². The number of benzene rings is 3. The van der Waals surface area contributed by atoms with Gasteiger partial charge in [0.2, 0.25) is 5.89 Å². The van der Waals surface area contributed by atoms with Crippen molar-refractivity contribution in [2.75, 3.05) is 0 Å². The number of rotatable bonds is 8.